The standard InChI is InChI=1S/C39H44N4O4/c1-26-11-6-8-14-32(26)33-18-16-29(21-27(33)2)37(45)43-25-31-17-19-35(42(31)24-30-13-7-9-15-34(30)43)36(44)40-22-28-12-10-20-41(23-28)38(46)47-39(3,4)5/h6-9,11,13-19,21,28H,10,12,20,22-25H2,1-5H3,(H,40,44). The van der Waals surface area contributed by atoms with Gasteiger partial charge >= 0.3 is 6.09 Å². The Morgan fingerprint density at radius 2 is 1.62 bits per heavy atom. The number of hydrogen-bond acceptors (Lipinski definition) is 4. The fraction of sp³-hybridized carbons (Fsp3) is 0.359. The Hall–Kier alpha value is -4.85. The van der Waals surface area contributed by atoms with Gasteiger partial charge in [-0.05, 0) is 112 Å². The van der Waals surface area contributed by atoms with E-state index in [0.29, 0.717) is 44.0 Å². The number of anilines is 1. The lowest BCUT2D eigenvalue weighted by molar-refractivity contribution is 0.0167. The number of hydrogen-bond donors (Lipinski definition) is 1. The smallest absolute Gasteiger partial charge is 0.410 e. The second-order valence-corrected chi connectivity index (χ2v) is 13.8. The van der Waals surface area contributed by atoms with Crippen molar-refractivity contribution in [3.63, 3.8) is 0 Å². The molecule has 3 aromatic carbocycles. The van der Waals surface area contributed by atoms with Crippen molar-refractivity contribution in [1.82, 2.24) is 14.8 Å². The van der Waals surface area contributed by atoms with E-state index in [1.54, 1.807) is 4.90 Å². The van der Waals surface area contributed by atoms with E-state index in [1.807, 2.05) is 104 Å². The predicted octanol–water partition coefficient (Wildman–Crippen LogP) is 7.36. The molecule has 0 bridgehead atoms. The molecule has 47 heavy (non-hydrogen) atoms. The molecular weight excluding hydrogens is 588 g/mol. The summed E-state index contributed by atoms with van der Waals surface area (Å²) < 4.78 is 7.58. The molecule has 8 nitrogen and oxygen atoms in total. The van der Waals surface area contributed by atoms with Gasteiger partial charge in [-0.25, -0.2) is 4.79 Å². The minimum absolute atomic E-state index is 0.0793. The van der Waals surface area contributed by atoms with Crippen LogP contribution in [0.3, 0.4) is 0 Å². The molecule has 1 aromatic heterocycles. The summed E-state index contributed by atoms with van der Waals surface area (Å²) in [6.45, 7) is 12.3. The summed E-state index contributed by atoms with van der Waals surface area (Å²) in [6.07, 6.45) is 1.50. The van der Waals surface area contributed by atoms with Crippen LogP contribution in [-0.2, 0) is 17.8 Å². The minimum Gasteiger partial charge on any atom is -0.444 e. The van der Waals surface area contributed by atoms with Crippen LogP contribution in [0, 0.1) is 19.8 Å². The van der Waals surface area contributed by atoms with Crippen LogP contribution in [0.2, 0.25) is 0 Å². The largest absolute Gasteiger partial charge is 0.444 e. The number of ether oxygens (including phenoxy) is 1. The topological polar surface area (TPSA) is 83.9 Å². The van der Waals surface area contributed by atoms with Gasteiger partial charge in [0.25, 0.3) is 11.8 Å². The highest BCUT2D eigenvalue weighted by atomic mass is 16.6. The number of carbonyl (C=O) groups is 3. The van der Waals surface area contributed by atoms with E-state index in [-0.39, 0.29) is 23.8 Å². The quantitative estimate of drug-likeness (QED) is 0.249. The summed E-state index contributed by atoms with van der Waals surface area (Å²) in [7, 11) is 0. The van der Waals surface area contributed by atoms with Crippen molar-refractivity contribution < 1.29 is 19.1 Å². The van der Waals surface area contributed by atoms with E-state index >= 15 is 0 Å². The number of fused-ring (bicyclic) bond motifs is 2. The van der Waals surface area contributed by atoms with Gasteiger partial charge in [-0.15, -0.1) is 0 Å². The fourth-order valence-corrected chi connectivity index (χ4v) is 6.72. The number of nitrogens with one attached hydrogen (secondary N) is 1. The molecule has 0 radical (unpaired) electrons. The van der Waals surface area contributed by atoms with E-state index < -0.39 is 5.60 Å². The molecule has 1 saturated heterocycles. The number of benzene rings is 3. The zero-order chi connectivity index (χ0) is 33.3. The number of aromatic nitrogens is 1. The zero-order valence-electron chi connectivity index (χ0n) is 28.0. The molecule has 4 aromatic rings. The summed E-state index contributed by atoms with van der Waals surface area (Å²) in [6, 6.07) is 25.9. The molecule has 244 valence electrons. The number of aryl methyl sites for hydroxylation is 2. The summed E-state index contributed by atoms with van der Waals surface area (Å²) in [5.41, 5.74) is 7.86. The Labute approximate surface area is 277 Å². The van der Waals surface area contributed by atoms with Crippen molar-refractivity contribution in [2.45, 2.75) is 66.2 Å². The van der Waals surface area contributed by atoms with Crippen LogP contribution in [0.15, 0.2) is 78.9 Å². The van der Waals surface area contributed by atoms with Crippen molar-refractivity contribution >= 4 is 23.6 Å². The third-order valence-corrected chi connectivity index (χ3v) is 9.11. The molecule has 0 saturated carbocycles. The average Bonchev–Trinajstić information content (AvgIpc) is 3.36. The molecule has 6 rings (SSSR count). The van der Waals surface area contributed by atoms with Gasteiger partial charge in [-0.1, -0.05) is 48.5 Å². The van der Waals surface area contributed by atoms with Crippen molar-refractivity contribution in [3.05, 3.63) is 113 Å². The van der Waals surface area contributed by atoms with Gasteiger partial charge in [-0.2, -0.15) is 0 Å². The van der Waals surface area contributed by atoms with E-state index in [1.165, 1.54) is 5.56 Å². The lowest BCUT2D eigenvalue weighted by Crippen LogP contribution is -2.45. The van der Waals surface area contributed by atoms with Gasteiger partial charge in [0, 0.05) is 36.6 Å². The number of nitrogens with zero attached hydrogens (tertiary/aromatic N) is 3. The lowest BCUT2D eigenvalue weighted by Gasteiger charge is -2.34. The molecule has 1 unspecified atom stereocenters. The molecule has 0 aliphatic carbocycles. The number of carbonyl (C=O) groups excluding carboxylic acids is 3. The van der Waals surface area contributed by atoms with Gasteiger partial charge in [0.1, 0.15) is 11.3 Å². The van der Waals surface area contributed by atoms with Crippen molar-refractivity contribution in [1.29, 1.82) is 0 Å². The van der Waals surface area contributed by atoms with Crippen LogP contribution in [-0.4, -0.2) is 52.6 Å². The number of amides is 3. The minimum atomic E-state index is -0.547. The maximum Gasteiger partial charge on any atom is 0.410 e. The monoisotopic (exact) mass is 632 g/mol. The first-order valence-corrected chi connectivity index (χ1v) is 16.5. The summed E-state index contributed by atoms with van der Waals surface area (Å²) >= 11 is 0. The Bertz CT molecular complexity index is 1820. The van der Waals surface area contributed by atoms with Gasteiger partial charge in [0.15, 0.2) is 0 Å². The summed E-state index contributed by atoms with van der Waals surface area (Å²) in [5.74, 6) is -0.0945. The molecule has 0 spiro atoms. The van der Waals surface area contributed by atoms with Gasteiger partial charge < -0.3 is 24.4 Å². The van der Waals surface area contributed by atoms with Crippen LogP contribution >= 0.6 is 0 Å². The molecule has 1 atom stereocenters. The van der Waals surface area contributed by atoms with Gasteiger partial charge in [-0.3, -0.25) is 9.59 Å². The Morgan fingerprint density at radius 3 is 2.38 bits per heavy atom. The molecule has 1 N–H and O–H groups in total. The maximum atomic E-state index is 14.2. The van der Waals surface area contributed by atoms with Crippen LogP contribution in [0.4, 0.5) is 10.5 Å². The van der Waals surface area contributed by atoms with E-state index in [0.717, 1.165) is 46.5 Å². The first-order valence-electron chi connectivity index (χ1n) is 16.5. The SMILES string of the molecule is Cc1ccccc1-c1ccc(C(=O)N2Cc3ccc(C(=O)NCC4CCCN(C(=O)OC(C)(C)C)C4)n3Cc3ccccc32)cc1C. The molecule has 3 amide bonds. The van der Waals surface area contributed by atoms with E-state index in [2.05, 4.69) is 24.4 Å². The zero-order valence-corrected chi connectivity index (χ0v) is 28.0. The highest BCUT2D eigenvalue weighted by Crippen LogP contribution is 2.32. The van der Waals surface area contributed by atoms with Gasteiger partial charge in [0.2, 0.25) is 0 Å². The second kappa shape index (κ2) is 13.1. The predicted molar refractivity (Wildman–Crippen MR) is 185 cm³/mol. The molecule has 3 heterocycles. The number of likely N-dealkylation sites (tertiary alicyclic amines) is 1. The molecule has 2 aliphatic heterocycles. The highest BCUT2D eigenvalue weighted by Gasteiger charge is 2.30. The third-order valence-electron chi connectivity index (χ3n) is 9.11. The molecule has 8 heteroatoms. The van der Waals surface area contributed by atoms with Crippen molar-refractivity contribution in [3.8, 4) is 11.1 Å². The van der Waals surface area contributed by atoms with Crippen LogP contribution in [0.1, 0.15) is 76.8 Å². The molecular formula is C39H44N4O4. The van der Waals surface area contributed by atoms with Gasteiger partial charge in [0.05, 0.1) is 13.1 Å². The van der Waals surface area contributed by atoms with Crippen molar-refractivity contribution in [2.75, 3.05) is 24.5 Å². The van der Waals surface area contributed by atoms with E-state index in [4.69, 9.17) is 4.74 Å². The van der Waals surface area contributed by atoms with E-state index in [9.17, 15) is 14.4 Å². The first-order chi connectivity index (χ1) is 22.5. The first kappa shape index (κ1) is 32.1. The number of piperidine rings is 1. The average molecular weight is 633 g/mol. The van der Waals surface area contributed by atoms with Crippen molar-refractivity contribution in [2.24, 2.45) is 5.92 Å². The highest BCUT2D eigenvalue weighted by molar-refractivity contribution is 6.07. The summed E-state index contributed by atoms with van der Waals surface area (Å²) in [4.78, 5) is 43.9. The Morgan fingerprint density at radius 1 is 0.872 bits per heavy atom. The fourth-order valence-electron chi connectivity index (χ4n) is 6.72. The normalized spacial score (nSPS) is 16.1. The van der Waals surface area contributed by atoms with Crippen LogP contribution in [0.5, 0.6) is 0 Å². The third kappa shape index (κ3) is 6.97. The molecule has 1 fully saturated rings. The second-order valence-electron chi connectivity index (χ2n) is 13.8. The summed E-state index contributed by atoms with van der Waals surface area (Å²) in [5, 5.41) is 3.13. The van der Waals surface area contributed by atoms with Crippen LogP contribution in [0.25, 0.3) is 11.1 Å². The number of rotatable bonds is 5. The molecule has 2 aliphatic rings. The van der Waals surface area contributed by atoms with Crippen LogP contribution < -0.4 is 10.2 Å². The Balaban J connectivity index is 1.19. The lowest BCUT2D eigenvalue weighted by atomic mass is 9.95. The number of para-hydroxylation sites is 1. The maximum absolute atomic E-state index is 14.2. The Kier molecular flexibility index (Phi) is 8.95.